The van der Waals surface area contributed by atoms with E-state index in [-0.39, 0.29) is 19.9 Å². The number of aliphatic imine (C=N–C) groups is 1. The van der Waals surface area contributed by atoms with E-state index in [9.17, 15) is 4.79 Å². The summed E-state index contributed by atoms with van der Waals surface area (Å²) >= 11 is 1.71. The number of hydrogen-bond acceptors (Lipinski definition) is 5. The van der Waals surface area contributed by atoms with E-state index in [1.165, 1.54) is 10.4 Å². The minimum absolute atomic E-state index is 0. The maximum absolute atomic E-state index is 11.3. The van der Waals surface area contributed by atoms with Gasteiger partial charge < -0.3 is 4.79 Å². The molecule has 1 aliphatic heterocycles. The molecule has 5 nitrogen and oxygen atoms in total. The summed E-state index contributed by atoms with van der Waals surface area (Å²) in [6, 6.07) is -0.360. The Morgan fingerprint density at radius 2 is 2.04 bits per heavy atom. The van der Waals surface area contributed by atoms with Gasteiger partial charge in [-0.3, -0.25) is 9.56 Å². The molecule has 0 bridgehead atoms. The molecule has 1 aliphatic rings. The maximum atomic E-state index is 11.3. The predicted octanol–water partition coefficient (Wildman–Crippen LogP) is 5.01. The molecule has 2 aromatic heterocycles. The first-order valence-electron chi connectivity index (χ1n) is 8.53. The lowest BCUT2D eigenvalue weighted by molar-refractivity contribution is -0.108. The largest absolute Gasteiger partial charge is 0.303 e. The Kier molecular flexibility index (Phi) is 6.44. The second-order valence-electron chi connectivity index (χ2n) is 6.16. The summed E-state index contributed by atoms with van der Waals surface area (Å²) in [5.74, 6) is 1.51. The molecule has 0 spiro atoms. The second kappa shape index (κ2) is 8.39. The average Bonchev–Trinajstić information content (AvgIpc) is 3.08. The fourth-order valence-corrected chi connectivity index (χ4v) is 4.37. The number of aromatic nitrogens is 3. The van der Waals surface area contributed by atoms with Crippen LogP contribution in [-0.4, -0.2) is 26.8 Å². The van der Waals surface area contributed by atoms with Crippen molar-refractivity contribution >= 4 is 23.3 Å². The fourth-order valence-electron chi connectivity index (χ4n) is 3.16. The molecule has 0 saturated carbocycles. The lowest BCUT2D eigenvalue weighted by Crippen LogP contribution is -2.08. The number of fused-ring (bicyclic) bond motifs is 3. The van der Waals surface area contributed by atoms with Gasteiger partial charge in [-0.05, 0) is 33.3 Å². The zero-order valence-electron chi connectivity index (χ0n) is 15.5. The molecule has 1 atom stereocenters. The Morgan fingerprint density at radius 3 is 2.67 bits per heavy atom. The van der Waals surface area contributed by atoms with Crippen molar-refractivity contribution in [3.63, 3.8) is 0 Å². The number of thiophene rings is 1. The summed E-state index contributed by atoms with van der Waals surface area (Å²) in [6.45, 7) is 12.0. The molecule has 0 fully saturated rings. The summed E-state index contributed by atoms with van der Waals surface area (Å²) in [7, 11) is 0. The van der Waals surface area contributed by atoms with E-state index >= 15 is 0 Å². The SMILES string of the molecule is C.C=C/C=C(\C=C/C)C1=NC(CC=O)c2nnc(C)n2-c2sc(C)c(C)c21. The number of aldehydes is 1. The fraction of sp³-hybridized carbons (Fsp3) is 0.333. The molecule has 0 N–H and O–H groups in total. The Morgan fingerprint density at radius 1 is 1.30 bits per heavy atom. The molecule has 3 rings (SSSR count). The minimum Gasteiger partial charge on any atom is -0.303 e. The third-order valence-electron chi connectivity index (χ3n) is 4.48. The Labute approximate surface area is 164 Å². The van der Waals surface area contributed by atoms with Gasteiger partial charge in [-0.2, -0.15) is 0 Å². The Bertz CT molecular complexity index is 959. The highest BCUT2D eigenvalue weighted by molar-refractivity contribution is 7.15. The topological polar surface area (TPSA) is 60.1 Å². The highest BCUT2D eigenvalue weighted by Gasteiger charge is 2.31. The quantitative estimate of drug-likeness (QED) is 0.539. The van der Waals surface area contributed by atoms with Gasteiger partial charge in [0.25, 0.3) is 0 Å². The van der Waals surface area contributed by atoms with Crippen LogP contribution in [0.15, 0.2) is 41.4 Å². The van der Waals surface area contributed by atoms with Crippen LogP contribution in [0.25, 0.3) is 5.00 Å². The van der Waals surface area contributed by atoms with Gasteiger partial charge in [0.2, 0.25) is 0 Å². The predicted molar refractivity (Wildman–Crippen MR) is 113 cm³/mol. The van der Waals surface area contributed by atoms with Crippen LogP contribution in [-0.2, 0) is 4.79 Å². The molecule has 2 aromatic rings. The van der Waals surface area contributed by atoms with E-state index in [4.69, 9.17) is 4.99 Å². The highest BCUT2D eigenvalue weighted by atomic mass is 32.1. The molecule has 6 heteroatoms. The van der Waals surface area contributed by atoms with Crippen LogP contribution in [0.1, 0.15) is 54.5 Å². The van der Waals surface area contributed by atoms with Crippen LogP contribution < -0.4 is 0 Å². The molecule has 0 radical (unpaired) electrons. The molecule has 0 aromatic carbocycles. The Hall–Kier alpha value is -2.60. The molecule has 3 heterocycles. The minimum atomic E-state index is -0.360. The molecule has 0 amide bonds. The van der Waals surface area contributed by atoms with E-state index in [1.807, 2.05) is 36.6 Å². The summed E-state index contributed by atoms with van der Waals surface area (Å²) < 4.78 is 2.05. The van der Waals surface area contributed by atoms with Gasteiger partial charge >= 0.3 is 0 Å². The van der Waals surface area contributed by atoms with Crippen molar-refractivity contribution in [2.45, 2.75) is 47.6 Å². The second-order valence-corrected chi connectivity index (χ2v) is 7.36. The number of aryl methyl sites for hydroxylation is 2. The van der Waals surface area contributed by atoms with E-state index < -0.39 is 0 Å². The van der Waals surface area contributed by atoms with E-state index in [1.54, 1.807) is 17.4 Å². The highest BCUT2D eigenvalue weighted by Crippen LogP contribution is 2.39. The van der Waals surface area contributed by atoms with Crippen molar-refractivity contribution in [3.05, 3.63) is 64.1 Å². The van der Waals surface area contributed by atoms with Crippen molar-refractivity contribution in [1.29, 1.82) is 0 Å². The number of nitrogens with zero attached hydrogens (tertiary/aromatic N) is 4. The van der Waals surface area contributed by atoms with Gasteiger partial charge in [-0.1, -0.05) is 38.3 Å². The van der Waals surface area contributed by atoms with Gasteiger partial charge in [-0.25, -0.2) is 0 Å². The number of hydrogen-bond donors (Lipinski definition) is 0. The molecule has 0 saturated heterocycles. The summed E-state index contributed by atoms with van der Waals surface area (Å²) in [6.07, 6.45) is 8.88. The molecular formula is C21H26N4OS. The number of carbonyl (C=O) groups is 1. The van der Waals surface area contributed by atoms with Crippen molar-refractivity contribution in [1.82, 2.24) is 14.8 Å². The third kappa shape index (κ3) is 3.49. The standard InChI is InChI=1S/C20H22N4OS.CH4/c1-6-8-15(9-7-2)18-17-12(3)13(4)26-20(17)24-14(5)22-23-19(24)16(21-18)10-11-25;/h6-9,11,16H,1,10H2,2-5H3;1H4/b9-7-,15-8+;. The van der Waals surface area contributed by atoms with Gasteiger partial charge in [0, 0.05) is 22.4 Å². The molecule has 142 valence electrons. The van der Waals surface area contributed by atoms with Gasteiger partial charge in [0.1, 0.15) is 23.2 Å². The Balaban J connectivity index is 0.00000261. The zero-order valence-corrected chi connectivity index (χ0v) is 16.3. The van der Waals surface area contributed by atoms with Crippen LogP contribution in [0.5, 0.6) is 0 Å². The average molecular weight is 383 g/mol. The summed E-state index contributed by atoms with van der Waals surface area (Å²) in [4.78, 5) is 17.5. The van der Waals surface area contributed by atoms with Gasteiger partial charge in [-0.15, -0.1) is 21.5 Å². The number of allylic oxidation sites excluding steroid dienone is 5. The lowest BCUT2D eigenvalue weighted by Gasteiger charge is -2.10. The normalized spacial score (nSPS) is 16.2. The van der Waals surface area contributed by atoms with Crippen LogP contribution in [0.2, 0.25) is 0 Å². The third-order valence-corrected chi connectivity index (χ3v) is 5.67. The number of carbonyl (C=O) groups excluding carboxylic acids is 1. The van der Waals surface area contributed by atoms with Crippen LogP contribution in [0, 0.1) is 20.8 Å². The number of rotatable bonds is 5. The van der Waals surface area contributed by atoms with Crippen LogP contribution >= 0.6 is 11.3 Å². The monoisotopic (exact) mass is 382 g/mol. The molecule has 0 aliphatic carbocycles. The first-order chi connectivity index (χ1) is 12.5. The van der Waals surface area contributed by atoms with Crippen molar-refractivity contribution in [3.8, 4) is 5.00 Å². The van der Waals surface area contributed by atoms with E-state index in [2.05, 4.69) is 30.6 Å². The summed E-state index contributed by atoms with van der Waals surface area (Å²) in [5, 5.41) is 9.64. The smallest absolute Gasteiger partial charge is 0.163 e. The first-order valence-corrected chi connectivity index (χ1v) is 9.35. The van der Waals surface area contributed by atoms with Crippen LogP contribution in [0.3, 0.4) is 0 Å². The first kappa shape index (κ1) is 20.7. The van der Waals surface area contributed by atoms with E-state index in [0.717, 1.165) is 34.0 Å². The zero-order chi connectivity index (χ0) is 18.8. The van der Waals surface area contributed by atoms with Gasteiger partial charge in [0.15, 0.2) is 5.82 Å². The molecular weight excluding hydrogens is 356 g/mol. The molecule has 27 heavy (non-hydrogen) atoms. The van der Waals surface area contributed by atoms with Crippen molar-refractivity contribution in [2.24, 2.45) is 4.99 Å². The molecule has 1 unspecified atom stereocenters. The van der Waals surface area contributed by atoms with Crippen LogP contribution in [0.4, 0.5) is 0 Å². The lowest BCUT2D eigenvalue weighted by atomic mass is 9.98. The summed E-state index contributed by atoms with van der Waals surface area (Å²) in [5.41, 5.74) is 4.11. The maximum Gasteiger partial charge on any atom is 0.163 e. The van der Waals surface area contributed by atoms with E-state index in [0.29, 0.717) is 5.82 Å². The van der Waals surface area contributed by atoms with Crippen molar-refractivity contribution < 1.29 is 4.79 Å². The van der Waals surface area contributed by atoms with Crippen molar-refractivity contribution in [2.75, 3.05) is 0 Å². The van der Waals surface area contributed by atoms with Gasteiger partial charge in [0.05, 0.1) is 5.71 Å².